The predicted octanol–water partition coefficient (Wildman–Crippen LogP) is 3.06. The molecule has 0 radical (unpaired) electrons. The van der Waals surface area contributed by atoms with Crippen molar-refractivity contribution in [2.75, 3.05) is 32.7 Å². The van der Waals surface area contributed by atoms with Gasteiger partial charge in [-0.05, 0) is 69.4 Å². The van der Waals surface area contributed by atoms with Gasteiger partial charge in [0.15, 0.2) is 5.96 Å². The summed E-state index contributed by atoms with van der Waals surface area (Å²) in [5.74, 6) is 2.62. The second-order valence-corrected chi connectivity index (χ2v) is 7.49. The summed E-state index contributed by atoms with van der Waals surface area (Å²) in [6, 6.07) is 4.05. The molecule has 1 aliphatic heterocycles. The van der Waals surface area contributed by atoms with Crippen LogP contribution in [-0.4, -0.2) is 58.1 Å². The van der Waals surface area contributed by atoms with Crippen LogP contribution < -0.4 is 10.6 Å². The Balaban J connectivity index is 0.00000300. The molecule has 0 aromatic carbocycles. The van der Waals surface area contributed by atoms with Crippen LogP contribution in [0.2, 0.25) is 0 Å². The van der Waals surface area contributed by atoms with E-state index < -0.39 is 0 Å². The smallest absolute Gasteiger partial charge is 0.191 e. The van der Waals surface area contributed by atoms with Crippen LogP contribution in [0.5, 0.6) is 0 Å². The van der Waals surface area contributed by atoms with E-state index in [4.69, 9.17) is 4.99 Å². The van der Waals surface area contributed by atoms with E-state index in [9.17, 15) is 0 Å². The lowest BCUT2D eigenvalue weighted by atomic mass is 9.99. The summed E-state index contributed by atoms with van der Waals surface area (Å²) in [6.07, 6.45) is 11.0. The SMILES string of the molecule is CCNC(=NCc1ccnc(-n2ccnc2)c1)NCCCN1CCC(C)CC1.I. The molecule has 0 amide bonds. The topological polar surface area (TPSA) is 70.4 Å². The minimum absolute atomic E-state index is 0. The summed E-state index contributed by atoms with van der Waals surface area (Å²) in [7, 11) is 0. The number of hydrogen-bond acceptors (Lipinski definition) is 4. The van der Waals surface area contributed by atoms with Crippen LogP contribution in [0.3, 0.4) is 0 Å². The average Bonchev–Trinajstić information content (AvgIpc) is 3.26. The van der Waals surface area contributed by atoms with E-state index in [0.717, 1.165) is 49.3 Å². The minimum atomic E-state index is 0. The summed E-state index contributed by atoms with van der Waals surface area (Å²) in [5, 5.41) is 6.80. The Hall–Kier alpha value is -1.68. The van der Waals surface area contributed by atoms with Gasteiger partial charge in [-0.2, -0.15) is 0 Å². The number of aromatic nitrogens is 3. The van der Waals surface area contributed by atoms with E-state index >= 15 is 0 Å². The maximum atomic E-state index is 4.73. The zero-order chi connectivity index (χ0) is 19.6. The molecule has 7 nitrogen and oxygen atoms in total. The van der Waals surface area contributed by atoms with Gasteiger partial charge in [0, 0.05) is 31.7 Å². The molecule has 0 bridgehead atoms. The molecule has 0 atom stereocenters. The standard InChI is InChI=1S/C21H33N7.HI/c1-3-23-21(25-8-4-11-27-12-6-18(2)7-13-27)26-16-19-5-9-24-20(15-19)28-14-10-22-17-28;/h5,9-10,14-15,17-18H,3-4,6-8,11-13,16H2,1-2H3,(H2,23,25,26);1H. The number of hydrogen-bond donors (Lipinski definition) is 2. The summed E-state index contributed by atoms with van der Waals surface area (Å²) in [6.45, 7) is 10.5. The van der Waals surface area contributed by atoms with Crippen LogP contribution in [0.4, 0.5) is 0 Å². The van der Waals surface area contributed by atoms with Crippen molar-refractivity contribution in [3.8, 4) is 5.82 Å². The van der Waals surface area contributed by atoms with Crippen LogP contribution >= 0.6 is 24.0 Å². The lowest BCUT2D eigenvalue weighted by molar-refractivity contribution is 0.191. The zero-order valence-corrected chi connectivity index (χ0v) is 19.9. The van der Waals surface area contributed by atoms with Crippen molar-refractivity contribution in [3.63, 3.8) is 0 Å². The molecule has 1 fully saturated rings. The highest BCUT2D eigenvalue weighted by Gasteiger charge is 2.14. The van der Waals surface area contributed by atoms with Crippen LogP contribution in [0, 0.1) is 5.92 Å². The molecule has 0 unspecified atom stereocenters. The van der Waals surface area contributed by atoms with Gasteiger partial charge in [0.05, 0.1) is 6.54 Å². The van der Waals surface area contributed by atoms with Gasteiger partial charge in [-0.25, -0.2) is 15.0 Å². The third-order valence-corrected chi connectivity index (χ3v) is 5.16. The lowest BCUT2D eigenvalue weighted by Gasteiger charge is -2.30. The molecule has 0 spiro atoms. The molecule has 3 rings (SSSR count). The van der Waals surface area contributed by atoms with E-state index in [1.807, 2.05) is 29.1 Å². The largest absolute Gasteiger partial charge is 0.357 e. The van der Waals surface area contributed by atoms with Gasteiger partial charge in [-0.15, -0.1) is 24.0 Å². The fraction of sp³-hybridized carbons (Fsp3) is 0.571. The fourth-order valence-corrected chi connectivity index (χ4v) is 3.40. The van der Waals surface area contributed by atoms with Crippen molar-refractivity contribution in [2.45, 2.75) is 39.7 Å². The number of pyridine rings is 1. The normalized spacial score (nSPS) is 15.7. The Kier molecular flexibility index (Phi) is 10.4. The van der Waals surface area contributed by atoms with Crippen molar-refractivity contribution in [1.29, 1.82) is 0 Å². The molecule has 2 aromatic rings. The van der Waals surface area contributed by atoms with Crippen molar-refractivity contribution < 1.29 is 0 Å². The molecule has 2 aromatic heterocycles. The molecular weight excluding hydrogens is 477 g/mol. The van der Waals surface area contributed by atoms with Crippen molar-refractivity contribution in [2.24, 2.45) is 10.9 Å². The number of nitrogens with zero attached hydrogens (tertiary/aromatic N) is 5. The lowest BCUT2D eigenvalue weighted by Crippen LogP contribution is -2.39. The molecule has 8 heteroatoms. The third-order valence-electron chi connectivity index (χ3n) is 5.16. The third kappa shape index (κ3) is 7.93. The van der Waals surface area contributed by atoms with Crippen LogP contribution in [-0.2, 0) is 6.54 Å². The molecule has 3 heterocycles. The number of imidazole rings is 1. The van der Waals surface area contributed by atoms with Crippen molar-refractivity contribution in [1.82, 2.24) is 30.1 Å². The van der Waals surface area contributed by atoms with E-state index in [2.05, 4.69) is 39.3 Å². The first kappa shape index (κ1) is 23.6. The van der Waals surface area contributed by atoms with Crippen LogP contribution in [0.1, 0.15) is 38.7 Å². The van der Waals surface area contributed by atoms with Gasteiger partial charge >= 0.3 is 0 Å². The summed E-state index contributed by atoms with van der Waals surface area (Å²) in [4.78, 5) is 15.8. The molecular formula is C21H34IN7. The maximum Gasteiger partial charge on any atom is 0.191 e. The summed E-state index contributed by atoms with van der Waals surface area (Å²) < 4.78 is 1.90. The first-order valence-electron chi connectivity index (χ1n) is 10.4. The second-order valence-electron chi connectivity index (χ2n) is 7.49. The number of piperidine rings is 1. The first-order valence-corrected chi connectivity index (χ1v) is 10.4. The van der Waals surface area contributed by atoms with Gasteiger partial charge in [0.1, 0.15) is 12.1 Å². The van der Waals surface area contributed by atoms with Crippen LogP contribution in [0.25, 0.3) is 5.82 Å². The Morgan fingerprint density at radius 3 is 2.79 bits per heavy atom. The van der Waals surface area contributed by atoms with Gasteiger partial charge in [-0.3, -0.25) is 4.57 Å². The second kappa shape index (κ2) is 12.8. The molecule has 1 saturated heterocycles. The summed E-state index contributed by atoms with van der Waals surface area (Å²) in [5.41, 5.74) is 1.12. The quantitative estimate of drug-likeness (QED) is 0.247. The van der Waals surface area contributed by atoms with Gasteiger partial charge in [-0.1, -0.05) is 6.92 Å². The molecule has 0 saturated carbocycles. The number of guanidine groups is 1. The molecule has 0 aliphatic carbocycles. The minimum Gasteiger partial charge on any atom is -0.357 e. The highest BCUT2D eigenvalue weighted by atomic mass is 127. The van der Waals surface area contributed by atoms with Gasteiger partial charge in [0.2, 0.25) is 0 Å². The monoisotopic (exact) mass is 511 g/mol. The zero-order valence-electron chi connectivity index (χ0n) is 17.5. The molecule has 2 N–H and O–H groups in total. The van der Waals surface area contributed by atoms with Crippen molar-refractivity contribution >= 4 is 29.9 Å². The maximum absolute atomic E-state index is 4.73. The number of halogens is 1. The highest BCUT2D eigenvalue weighted by Crippen LogP contribution is 2.15. The number of aliphatic imine (C=N–C) groups is 1. The fourth-order valence-electron chi connectivity index (χ4n) is 3.40. The summed E-state index contributed by atoms with van der Waals surface area (Å²) >= 11 is 0. The highest BCUT2D eigenvalue weighted by molar-refractivity contribution is 14.0. The van der Waals surface area contributed by atoms with E-state index in [-0.39, 0.29) is 24.0 Å². The molecule has 160 valence electrons. The number of nitrogens with one attached hydrogen (secondary N) is 2. The first-order chi connectivity index (χ1) is 13.7. The van der Waals surface area contributed by atoms with E-state index in [1.54, 1.807) is 12.5 Å². The number of likely N-dealkylation sites (tertiary alicyclic amines) is 1. The Morgan fingerprint density at radius 1 is 1.24 bits per heavy atom. The average molecular weight is 511 g/mol. The molecule has 29 heavy (non-hydrogen) atoms. The van der Waals surface area contributed by atoms with E-state index in [0.29, 0.717) is 6.54 Å². The van der Waals surface area contributed by atoms with Gasteiger partial charge in [0.25, 0.3) is 0 Å². The Labute approximate surface area is 191 Å². The predicted molar refractivity (Wildman–Crippen MR) is 129 cm³/mol. The number of rotatable bonds is 8. The van der Waals surface area contributed by atoms with Crippen molar-refractivity contribution in [3.05, 3.63) is 42.6 Å². The Morgan fingerprint density at radius 2 is 2.07 bits per heavy atom. The van der Waals surface area contributed by atoms with E-state index in [1.165, 1.54) is 25.9 Å². The Bertz CT molecular complexity index is 724. The van der Waals surface area contributed by atoms with Gasteiger partial charge < -0.3 is 15.5 Å². The van der Waals surface area contributed by atoms with Crippen LogP contribution in [0.15, 0.2) is 42.0 Å². The molecule has 1 aliphatic rings.